The van der Waals surface area contributed by atoms with Crippen molar-refractivity contribution in [3.63, 3.8) is 0 Å². The number of hydrogen-bond donors (Lipinski definition) is 2. The van der Waals surface area contributed by atoms with Crippen molar-refractivity contribution < 1.29 is 23.8 Å². The van der Waals surface area contributed by atoms with Crippen LogP contribution in [0.3, 0.4) is 0 Å². The van der Waals surface area contributed by atoms with Crippen LogP contribution in [0, 0.1) is 0 Å². The number of hydrogen-bond acceptors (Lipinski definition) is 5. The van der Waals surface area contributed by atoms with Gasteiger partial charge in [-0.1, -0.05) is 36.4 Å². The third kappa shape index (κ3) is 4.34. The number of rotatable bonds is 7. The summed E-state index contributed by atoms with van der Waals surface area (Å²) in [6.07, 6.45) is 0. The minimum atomic E-state index is -0.706. The van der Waals surface area contributed by atoms with Crippen molar-refractivity contribution in [3.05, 3.63) is 65.2 Å². The Kier molecular flexibility index (Phi) is 6.39. The van der Waals surface area contributed by atoms with E-state index in [1.807, 2.05) is 37.3 Å². The molecule has 0 radical (unpaired) electrons. The lowest BCUT2D eigenvalue weighted by atomic mass is 9.92. The minimum Gasteiger partial charge on any atom is -0.493 e. The van der Waals surface area contributed by atoms with Crippen LogP contribution in [0.15, 0.2) is 54.1 Å². The third-order valence-electron chi connectivity index (χ3n) is 4.45. The van der Waals surface area contributed by atoms with Gasteiger partial charge in [-0.25, -0.2) is 9.59 Å². The second-order valence-corrected chi connectivity index (χ2v) is 6.25. The Labute approximate surface area is 169 Å². The zero-order valence-corrected chi connectivity index (χ0v) is 16.7. The number of ether oxygens (including phenoxy) is 3. The van der Waals surface area contributed by atoms with Crippen LogP contribution in [0.4, 0.5) is 4.79 Å². The van der Waals surface area contributed by atoms with Gasteiger partial charge in [0.1, 0.15) is 0 Å². The van der Waals surface area contributed by atoms with Crippen molar-refractivity contribution in [2.45, 2.75) is 19.9 Å². The number of carbonyl (C=O) groups is 2. The van der Waals surface area contributed by atoms with Crippen LogP contribution in [-0.4, -0.2) is 32.3 Å². The van der Waals surface area contributed by atoms with Gasteiger partial charge < -0.3 is 24.8 Å². The van der Waals surface area contributed by atoms with Gasteiger partial charge in [0.2, 0.25) is 0 Å². The molecule has 0 saturated heterocycles. The van der Waals surface area contributed by atoms with Gasteiger partial charge in [-0.3, -0.25) is 0 Å². The second kappa shape index (κ2) is 9.14. The molecule has 2 aromatic rings. The molecule has 7 heteroatoms. The summed E-state index contributed by atoms with van der Waals surface area (Å²) in [6, 6.07) is 13.4. The monoisotopic (exact) mass is 396 g/mol. The average molecular weight is 396 g/mol. The van der Waals surface area contributed by atoms with E-state index in [0.717, 1.165) is 0 Å². The molecule has 152 valence electrons. The van der Waals surface area contributed by atoms with E-state index in [4.69, 9.17) is 14.2 Å². The van der Waals surface area contributed by atoms with E-state index >= 15 is 0 Å². The van der Waals surface area contributed by atoms with Gasteiger partial charge in [0.25, 0.3) is 0 Å². The summed E-state index contributed by atoms with van der Waals surface area (Å²) in [5.74, 6) is 0.599. The number of esters is 1. The lowest BCUT2D eigenvalue weighted by molar-refractivity contribution is -0.138. The first-order chi connectivity index (χ1) is 14.1. The fourth-order valence-electron chi connectivity index (χ4n) is 3.21. The van der Waals surface area contributed by atoms with E-state index < -0.39 is 18.0 Å². The molecule has 0 fully saturated rings. The lowest BCUT2D eigenvalue weighted by Crippen LogP contribution is -2.45. The summed E-state index contributed by atoms with van der Waals surface area (Å²) < 4.78 is 16.3. The molecule has 0 aliphatic carbocycles. The van der Waals surface area contributed by atoms with Crippen molar-refractivity contribution in [2.24, 2.45) is 0 Å². The van der Waals surface area contributed by atoms with Gasteiger partial charge in [0, 0.05) is 0 Å². The third-order valence-corrected chi connectivity index (χ3v) is 4.45. The Balaban J connectivity index is 2.15. The Morgan fingerprint density at radius 3 is 2.45 bits per heavy atom. The lowest BCUT2D eigenvalue weighted by Gasteiger charge is -2.30. The van der Waals surface area contributed by atoms with E-state index in [9.17, 15) is 9.59 Å². The molecule has 2 aromatic carbocycles. The molecule has 2 N–H and O–H groups in total. The Bertz CT molecular complexity index is 924. The Morgan fingerprint density at radius 1 is 1.03 bits per heavy atom. The fourth-order valence-corrected chi connectivity index (χ4v) is 3.21. The number of urea groups is 1. The van der Waals surface area contributed by atoms with Crippen molar-refractivity contribution in [2.75, 3.05) is 20.3 Å². The molecule has 0 aromatic heterocycles. The van der Waals surface area contributed by atoms with Crippen molar-refractivity contribution in [1.82, 2.24) is 10.6 Å². The molecule has 3 rings (SSSR count). The van der Waals surface area contributed by atoms with Gasteiger partial charge in [-0.2, -0.15) is 0 Å². The summed E-state index contributed by atoms with van der Waals surface area (Å²) in [7, 11) is 1.54. The highest BCUT2D eigenvalue weighted by Gasteiger charge is 2.34. The summed E-state index contributed by atoms with van der Waals surface area (Å²) in [5, 5.41) is 5.57. The van der Waals surface area contributed by atoms with Crippen LogP contribution in [-0.2, 0) is 9.53 Å². The normalized spacial score (nSPS) is 16.0. The van der Waals surface area contributed by atoms with Crippen LogP contribution < -0.4 is 20.1 Å². The minimum absolute atomic E-state index is 0.220. The first-order valence-electron chi connectivity index (χ1n) is 9.44. The van der Waals surface area contributed by atoms with Gasteiger partial charge in [0.05, 0.1) is 37.6 Å². The zero-order chi connectivity index (χ0) is 20.8. The number of nitrogens with one attached hydrogen (secondary N) is 2. The summed E-state index contributed by atoms with van der Waals surface area (Å²) >= 11 is 0. The molecule has 1 unspecified atom stereocenters. The quantitative estimate of drug-likeness (QED) is 0.701. The van der Waals surface area contributed by atoms with E-state index in [1.165, 1.54) is 0 Å². The molecular weight excluding hydrogens is 372 g/mol. The summed E-state index contributed by atoms with van der Waals surface area (Å²) in [6.45, 7) is 4.34. The maximum absolute atomic E-state index is 12.9. The maximum atomic E-state index is 12.9. The predicted octanol–water partition coefficient (Wildman–Crippen LogP) is 3.42. The molecule has 1 aliphatic heterocycles. The fraction of sp³-hybridized carbons (Fsp3) is 0.273. The highest BCUT2D eigenvalue weighted by atomic mass is 16.5. The summed E-state index contributed by atoms with van der Waals surface area (Å²) in [4.78, 5) is 25.3. The number of amides is 2. The summed E-state index contributed by atoms with van der Waals surface area (Å²) in [5.41, 5.74) is 2.14. The van der Waals surface area contributed by atoms with Crippen LogP contribution in [0.5, 0.6) is 11.5 Å². The molecule has 1 heterocycles. The van der Waals surface area contributed by atoms with E-state index in [0.29, 0.717) is 40.5 Å². The molecule has 0 spiro atoms. The number of carbonyl (C=O) groups excluding carboxylic acids is 2. The van der Waals surface area contributed by atoms with Gasteiger partial charge in [0.15, 0.2) is 11.5 Å². The topological polar surface area (TPSA) is 85.9 Å². The van der Waals surface area contributed by atoms with Gasteiger partial charge in [-0.05, 0) is 37.1 Å². The zero-order valence-electron chi connectivity index (χ0n) is 16.7. The molecule has 0 bridgehead atoms. The smallest absolute Gasteiger partial charge is 0.338 e. The van der Waals surface area contributed by atoms with E-state index in [1.54, 1.807) is 32.2 Å². The van der Waals surface area contributed by atoms with Crippen LogP contribution in [0.2, 0.25) is 0 Å². The molecule has 29 heavy (non-hydrogen) atoms. The van der Waals surface area contributed by atoms with Crippen LogP contribution in [0.1, 0.15) is 31.0 Å². The average Bonchev–Trinajstić information content (AvgIpc) is 2.74. The SMILES string of the molecule is CCOC(=O)C1=C(c2ccccc2)NC(=O)NC1c1ccc(OCC)c(OC)c1. The van der Waals surface area contributed by atoms with Crippen molar-refractivity contribution in [3.8, 4) is 11.5 Å². The van der Waals surface area contributed by atoms with E-state index in [2.05, 4.69) is 10.6 Å². The van der Waals surface area contributed by atoms with Gasteiger partial charge in [-0.15, -0.1) is 0 Å². The highest BCUT2D eigenvalue weighted by Crippen LogP contribution is 2.36. The molecule has 2 amide bonds. The van der Waals surface area contributed by atoms with Gasteiger partial charge >= 0.3 is 12.0 Å². The highest BCUT2D eigenvalue weighted by molar-refractivity contribution is 6.04. The largest absolute Gasteiger partial charge is 0.493 e. The number of methoxy groups -OCH3 is 1. The molecule has 7 nitrogen and oxygen atoms in total. The Morgan fingerprint density at radius 2 is 1.79 bits per heavy atom. The second-order valence-electron chi connectivity index (χ2n) is 6.25. The molecule has 0 saturated carbocycles. The predicted molar refractivity (Wildman–Crippen MR) is 109 cm³/mol. The molecular formula is C22H24N2O5. The number of benzene rings is 2. The molecule has 1 aliphatic rings. The first-order valence-corrected chi connectivity index (χ1v) is 9.44. The van der Waals surface area contributed by atoms with Crippen LogP contribution in [0.25, 0.3) is 5.70 Å². The van der Waals surface area contributed by atoms with E-state index in [-0.39, 0.29) is 6.61 Å². The Hall–Kier alpha value is -3.48. The first kappa shape index (κ1) is 20.3. The maximum Gasteiger partial charge on any atom is 0.338 e. The standard InChI is InChI=1S/C22H24N2O5/c1-4-28-16-12-11-15(13-17(16)27-3)20-18(21(25)29-5-2)19(23-22(26)24-20)14-9-7-6-8-10-14/h6-13,20H,4-5H2,1-3H3,(H2,23,24,26). The van der Waals surface area contributed by atoms with Crippen LogP contribution >= 0.6 is 0 Å². The van der Waals surface area contributed by atoms with Crippen molar-refractivity contribution >= 4 is 17.7 Å². The van der Waals surface area contributed by atoms with Crippen molar-refractivity contribution in [1.29, 1.82) is 0 Å². The molecule has 1 atom stereocenters.